The number of hydrogen-bond donors (Lipinski definition) is 1. The minimum atomic E-state index is 0.0568. The number of aryl methyl sites for hydroxylation is 2. The standard InChI is InChI=1S/2C7H13N3.C7H12N2.2C6H11N3/c1-7(2,3)6-8-5-10(4)9-6;1-6-8-5-10(9-6)7(2,3)4;1-7(2,3)6-4-8-5-9-6;1-6(2,3)9-5-7-4-8-9;1-6(2,3)9-5-4-7-8-9/h2*5H,1-4H3;4-5H,1-3H3,(H,8,9);2*4-5H,1-3H3. The van der Waals surface area contributed by atoms with Crippen LogP contribution < -0.4 is 0 Å². The summed E-state index contributed by atoms with van der Waals surface area (Å²) in [5.74, 6) is 1.73. The molecule has 5 rings (SSSR count). The van der Waals surface area contributed by atoms with Crippen LogP contribution in [0.15, 0.2) is 50.2 Å². The van der Waals surface area contributed by atoms with Crippen molar-refractivity contribution in [2.75, 3.05) is 0 Å². The second kappa shape index (κ2) is 16.6. The number of nitrogens with one attached hydrogen (secondary N) is 1. The van der Waals surface area contributed by atoms with Gasteiger partial charge in [0, 0.05) is 36.0 Å². The molecule has 0 aliphatic heterocycles. The maximum absolute atomic E-state index is 4.19. The number of imidazole rings is 1. The van der Waals surface area contributed by atoms with Gasteiger partial charge >= 0.3 is 0 Å². The molecule has 0 fully saturated rings. The number of aromatic amines is 1. The Morgan fingerprint density at radius 3 is 1.45 bits per heavy atom. The first-order valence-corrected chi connectivity index (χ1v) is 15.8. The molecular formula is C33H60N14. The predicted molar refractivity (Wildman–Crippen MR) is 187 cm³/mol. The Hall–Kier alpha value is -4.23. The molecular weight excluding hydrogens is 592 g/mol. The second-order valence-corrected chi connectivity index (χ2v) is 16.1. The molecule has 0 bridgehead atoms. The van der Waals surface area contributed by atoms with Crippen LogP contribution in [0.4, 0.5) is 0 Å². The summed E-state index contributed by atoms with van der Waals surface area (Å²) in [4.78, 5) is 19.0. The first-order valence-electron chi connectivity index (χ1n) is 15.8. The highest BCUT2D eigenvalue weighted by Gasteiger charge is 2.18. The van der Waals surface area contributed by atoms with E-state index in [9.17, 15) is 0 Å². The summed E-state index contributed by atoms with van der Waals surface area (Å²) in [7, 11) is 1.88. The third-order valence-corrected chi connectivity index (χ3v) is 6.09. The average Bonchev–Trinajstić information content (AvgIpc) is 3.72. The van der Waals surface area contributed by atoms with E-state index in [1.54, 1.807) is 42.5 Å². The van der Waals surface area contributed by atoms with Gasteiger partial charge in [-0.15, -0.1) is 5.10 Å². The van der Waals surface area contributed by atoms with Crippen LogP contribution >= 0.6 is 0 Å². The van der Waals surface area contributed by atoms with Crippen molar-refractivity contribution >= 4 is 0 Å². The van der Waals surface area contributed by atoms with Crippen molar-refractivity contribution < 1.29 is 0 Å². The van der Waals surface area contributed by atoms with Crippen molar-refractivity contribution in [1.82, 2.24) is 69.3 Å². The third-order valence-electron chi connectivity index (χ3n) is 6.09. The van der Waals surface area contributed by atoms with E-state index in [1.807, 2.05) is 40.4 Å². The fourth-order valence-electron chi connectivity index (χ4n) is 3.14. The van der Waals surface area contributed by atoms with Gasteiger partial charge in [0.05, 0.1) is 29.1 Å². The number of nitrogens with zero attached hydrogens (tertiary/aromatic N) is 13. The van der Waals surface area contributed by atoms with E-state index in [-0.39, 0.29) is 27.4 Å². The zero-order chi connectivity index (χ0) is 36.3. The van der Waals surface area contributed by atoms with E-state index in [0.29, 0.717) is 0 Å². The highest BCUT2D eigenvalue weighted by Crippen LogP contribution is 2.18. The van der Waals surface area contributed by atoms with Gasteiger partial charge in [-0.05, 0) is 69.2 Å². The van der Waals surface area contributed by atoms with Crippen LogP contribution in [-0.4, -0.2) is 69.3 Å². The van der Waals surface area contributed by atoms with E-state index in [4.69, 9.17) is 0 Å². The summed E-state index contributed by atoms with van der Waals surface area (Å²) in [6.07, 6.45) is 13.9. The van der Waals surface area contributed by atoms with E-state index < -0.39 is 0 Å². The lowest BCUT2D eigenvalue weighted by molar-refractivity contribution is 0.347. The van der Waals surface area contributed by atoms with Crippen molar-refractivity contribution in [2.45, 2.75) is 138 Å². The van der Waals surface area contributed by atoms with E-state index in [0.717, 1.165) is 11.6 Å². The van der Waals surface area contributed by atoms with Crippen molar-refractivity contribution in [3.8, 4) is 0 Å². The Balaban J connectivity index is 0.000000294. The average molecular weight is 653 g/mol. The Morgan fingerprint density at radius 2 is 1.23 bits per heavy atom. The summed E-state index contributed by atoms with van der Waals surface area (Å²) in [5.41, 5.74) is 1.65. The van der Waals surface area contributed by atoms with Crippen molar-refractivity contribution in [2.24, 2.45) is 7.05 Å². The van der Waals surface area contributed by atoms with Gasteiger partial charge in [-0.2, -0.15) is 15.3 Å². The fraction of sp³-hybridized carbons (Fsp3) is 0.667. The summed E-state index contributed by atoms with van der Waals surface area (Å²) >= 11 is 0. The molecule has 0 spiro atoms. The van der Waals surface area contributed by atoms with Gasteiger partial charge < -0.3 is 4.98 Å². The summed E-state index contributed by atoms with van der Waals surface area (Å²) in [6, 6.07) is 0. The van der Waals surface area contributed by atoms with Crippen LogP contribution in [0, 0.1) is 6.92 Å². The van der Waals surface area contributed by atoms with Gasteiger partial charge in [0.2, 0.25) is 0 Å². The molecule has 0 amide bonds. The molecule has 0 aliphatic rings. The molecule has 14 heteroatoms. The van der Waals surface area contributed by atoms with Crippen LogP contribution in [-0.2, 0) is 34.5 Å². The minimum Gasteiger partial charge on any atom is -0.348 e. The molecule has 0 radical (unpaired) electrons. The van der Waals surface area contributed by atoms with E-state index in [1.165, 1.54) is 5.69 Å². The Bertz CT molecular complexity index is 1330. The van der Waals surface area contributed by atoms with Gasteiger partial charge in [-0.25, -0.2) is 34.0 Å². The number of aromatic nitrogens is 14. The molecule has 5 heterocycles. The van der Waals surface area contributed by atoms with Gasteiger partial charge in [0.1, 0.15) is 31.1 Å². The van der Waals surface area contributed by atoms with Gasteiger partial charge in [0.15, 0.2) is 5.82 Å². The highest BCUT2D eigenvalue weighted by molar-refractivity contribution is 5.07. The van der Waals surface area contributed by atoms with Gasteiger partial charge in [-0.3, -0.25) is 4.68 Å². The lowest BCUT2D eigenvalue weighted by Gasteiger charge is -2.17. The van der Waals surface area contributed by atoms with Crippen molar-refractivity contribution in [3.63, 3.8) is 0 Å². The lowest BCUT2D eigenvalue weighted by atomic mass is 9.93. The molecule has 1 N–H and O–H groups in total. The van der Waals surface area contributed by atoms with Crippen molar-refractivity contribution in [1.29, 1.82) is 0 Å². The van der Waals surface area contributed by atoms with Crippen LogP contribution in [0.25, 0.3) is 0 Å². The summed E-state index contributed by atoms with van der Waals surface area (Å²) in [5, 5.41) is 19.9. The zero-order valence-corrected chi connectivity index (χ0v) is 31.9. The summed E-state index contributed by atoms with van der Waals surface area (Å²) in [6.45, 7) is 33.5. The quantitative estimate of drug-likeness (QED) is 0.205. The zero-order valence-electron chi connectivity index (χ0n) is 31.9. The third kappa shape index (κ3) is 15.7. The van der Waals surface area contributed by atoms with Crippen LogP contribution in [0.3, 0.4) is 0 Å². The highest BCUT2D eigenvalue weighted by atomic mass is 15.4. The van der Waals surface area contributed by atoms with Gasteiger partial charge in [0.25, 0.3) is 0 Å². The monoisotopic (exact) mass is 653 g/mol. The first kappa shape index (κ1) is 40.8. The Morgan fingerprint density at radius 1 is 0.638 bits per heavy atom. The van der Waals surface area contributed by atoms with Crippen molar-refractivity contribution in [3.05, 3.63) is 67.6 Å². The molecule has 0 saturated heterocycles. The number of hydrogen-bond acceptors (Lipinski definition) is 9. The smallest absolute Gasteiger partial charge is 0.155 e. The molecule has 5 aromatic heterocycles. The fourth-order valence-corrected chi connectivity index (χ4v) is 3.14. The van der Waals surface area contributed by atoms with Crippen LogP contribution in [0.1, 0.15) is 121 Å². The number of H-pyrrole nitrogens is 1. The normalized spacial score (nSPS) is 11.9. The topological polar surface area (TPSA) is 152 Å². The predicted octanol–water partition coefficient (Wildman–Crippen LogP) is 6.23. The molecule has 0 aromatic carbocycles. The van der Waals surface area contributed by atoms with Crippen LogP contribution in [0.2, 0.25) is 0 Å². The molecule has 47 heavy (non-hydrogen) atoms. The molecule has 0 saturated carbocycles. The maximum Gasteiger partial charge on any atom is 0.155 e. The minimum absolute atomic E-state index is 0.0568. The van der Waals surface area contributed by atoms with Crippen LogP contribution in [0.5, 0.6) is 0 Å². The van der Waals surface area contributed by atoms with E-state index in [2.05, 4.69) is 154 Å². The number of rotatable bonds is 0. The first-order chi connectivity index (χ1) is 21.3. The molecule has 0 aliphatic carbocycles. The van der Waals surface area contributed by atoms with Gasteiger partial charge in [-0.1, -0.05) is 46.8 Å². The molecule has 5 aromatic rings. The molecule has 14 nitrogen and oxygen atoms in total. The molecule has 262 valence electrons. The molecule has 0 unspecified atom stereocenters. The molecule has 0 atom stereocenters. The Kier molecular flexibility index (Phi) is 14.4. The maximum atomic E-state index is 4.19. The SMILES string of the molecule is CC(C)(C)c1cnc[nH]1.CC(C)(C)n1ccnn1.CC(C)(C)n1cncn1.Cc1ncn(C(C)(C)C)n1.Cn1cnc(C(C)(C)C)n1. The summed E-state index contributed by atoms with van der Waals surface area (Å²) < 4.78 is 7.24. The Labute approximate surface area is 281 Å². The second-order valence-electron chi connectivity index (χ2n) is 16.1. The lowest BCUT2D eigenvalue weighted by Crippen LogP contribution is -2.22. The van der Waals surface area contributed by atoms with E-state index >= 15 is 0 Å². The largest absolute Gasteiger partial charge is 0.348 e.